The van der Waals surface area contributed by atoms with Crippen molar-refractivity contribution in [2.24, 2.45) is 0 Å². The first kappa shape index (κ1) is 16.4. The van der Waals surface area contributed by atoms with Crippen molar-refractivity contribution in [1.29, 1.82) is 0 Å². The predicted octanol–water partition coefficient (Wildman–Crippen LogP) is -2.13. The van der Waals surface area contributed by atoms with Crippen LogP contribution in [-0.2, 0) is 13.8 Å². The average molecular weight is 348 g/mol. The molecule has 3 heterocycles. The number of rotatable bonds is 4. The Morgan fingerprint density at radius 1 is 1.30 bits per heavy atom. The molecule has 3 rings (SSSR count). The molecule has 5 atom stereocenters. The predicted molar refractivity (Wildman–Crippen MR) is 70.4 cm³/mol. The number of phosphoric ester groups is 1. The Hall–Kier alpha value is -1.50. The minimum Gasteiger partial charge on any atom is -0.387 e. The number of hydrogen-bond donors (Lipinski definition) is 5. The normalized spacial score (nSPS) is 30.0. The second-order valence-corrected chi connectivity index (χ2v) is 6.03. The molecule has 1 aliphatic heterocycles. The number of hydrogen-bond acceptors (Lipinski definition) is 9. The number of aromatic nitrogens is 4. The van der Waals surface area contributed by atoms with Crippen molar-refractivity contribution >= 4 is 19.0 Å². The van der Waals surface area contributed by atoms with E-state index < -0.39 is 38.7 Å². The zero-order valence-corrected chi connectivity index (χ0v) is 12.2. The molecule has 1 fully saturated rings. The summed E-state index contributed by atoms with van der Waals surface area (Å²) in [5.41, 5.74) is 0.718. The van der Waals surface area contributed by atoms with Crippen LogP contribution >= 0.6 is 7.82 Å². The van der Waals surface area contributed by atoms with Gasteiger partial charge in [0, 0.05) is 0 Å². The van der Waals surface area contributed by atoms with E-state index in [9.17, 15) is 19.9 Å². The Bertz CT molecular complexity index is 749. The van der Waals surface area contributed by atoms with Crippen molar-refractivity contribution in [3.8, 4) is 0 Å². The van der Waals surface area contributed by atoms with Gasteiger partial charge in [0.25, 0.3) is 0 Å². The van der Waals surface area contributed by atoms with E-state index >= 15 is 0 Å². The minimum atomic E-state index is -5.00. The molecule has 5 N–H and O–H groups in total. The molecule has 0 bridgehead atoms. The largest absolute Gasteiger partial charge is 0.472 e. The Balaban J connectivity index is 1.86. The molecular formula is C10H13N4O8P. The topological polar surface area (TPSA) is 180 Å². The molecule has 126 valence electrons. The van der Waals surface area contributed by atoms with E-state index in [1.165, 1.54) is 23.4 Å². The van der Waals surface area contributed by atoms with Gasteiger partial charge in [0.1, 0.15) is 30.2 Å². The van der Waals surface area contributed by atoms with Gasteiger partial charge >= 0.3 is 7.82 Å². The third-order valence-corrected chi connectivity index (χ3v) is 3.82. The average Bonchev–Trinajstić information content (AvgIpc) is 3.00. The Labute approximate surface area is 128 Å². The molecule has 2 aromatic heterocycles. The number of aliphatic hydroxyl groups excluding tert-OH is 3. The fraction of sp³-hybridized carbons (Fsp3) is 0.500. The summed E-state index contributed by atoms with van der Waals surface area (Å²) in [5, 5.41) is 29.7. The molecule has 1 aliphatic rings. The molecule has 0 aliphatic carbocycles. The zero-order valence-electron chi connectivity index (χ0n) is 11.3. The SMILES string of the molecule is O=P(O)(O)OC(O)[C@H]1O[C@H](n2cnc3ncncc32)[C@H](O)[C@@H]1O. The van der Waals surface area contributed by atoms with Crippen LogP contribution < -0.4 is 0 Å². The fourth-order valence-electron chi connectivity index (χ4n) is 2.33. The van der Waals surface area contributed by atoms with Crippen molar-refractivity contribution in [2.75, 3.05) is 0 Å². The van der Waals surface area contributed by atoms with Crippen LogP contribution in [0.15, 0.2) is 18.9 Å². The first-order valence-electron chi connectivity index (χ1n) is 6.34. The molecule has 1 unspecified atom stereocenters. The lowest BCUT2D eigenvalue weighted by Gasteiger charge is -2.21. The zero-order chi connectivity index (χ0) is 16.8. The first-order valence-corrected chi connectivity index (χ1v) is 7.87. The summed E-state index contributed by atoms with van der Waals surface area (Å²) in [4.78, 5) is 29.1. The highest BCUT2D eigenvalue weighted by Gasteiger charge is 2.49. The highest BCUT2D eigenvalue weighted by Crippen LogP contribution is 2.41. The lowest BCUT2D eigenvalue weighted by Crippen LogP contribution is -2.39. The van der Waals surface area contributed by atoms with Gasteiger partial charge in [-0.2, -0.15) is 0 Å². The number of imidazole rings is 1. The van der Waals surface area contributed by atoms with Gasteiger partial charge in [-0.3, -0.25) is 9.09 Å². The second kappa shape index (κ2) is 5.85. The van der Waals surface area contributed by atoms with Gasteiger partial charge in [0.2, 0.25) is 0 Å². The van der Waals surface area contributed by atoms with Gasteiger partial charge in [-0.25, -0.2) is 19.5 Å². The molecule has 0 amide bonds. The fourth-order valence-corrected chi connectivity index (χ4v) is 2.73. The molecule has 0 radical (unpaired) electrons. The maximum Gasteiger partial charge on any atom is 0.472 e. The van der Waals surface area contributed by atoms with E-state index in [-0.39, 0.29) is 0 Å². The highest BCUT2D eigenvalue weighted by molar-refractivity contribution is 7.46. The standard InChI is InChI=1S/C10H13N4O8P/c15-5-6(16)9(21-7(5)10(17)22-23(18,19)20)14-3-13-8-4(14)1-11-2-12-8/h1-3,5-7,9-10,15-17H,(H2,18,19,20)/t5-,6+,7-,9-,10?/m0/s1. The third-order valence-electron chi connectivity index (χ3n) is 3.33. The summed E-state index contributed by atoms with van der Waals surface area (Å²) < 4.78 is 21.4. The molecular weight excluding hydrogens is 335 g/mol. The van der Waals surface area contributed by atoms with Crippen LogP contribution in [0.25, 0.3) is 11.2 Å². The van der Waals surface area contributed by atoms with Gasteiger partial charge in [-0.15, -0.1) is 0 Å². The van der Waals surface area contributed by atoms with Crippen LogP contribution in [-0.4, -0.2) is 69.2 Å². The number of ether oxygens (including phenoxy) is 1. The van der Waals surface area contributed by atoms with Gasteiger partial charge in [-0.05, 0) is 0 Å². The molecule has 23 heavy (non-hydrogen) atoms. The summed E-state index contributed by atoms with van der Waals surface area (Å²) in [5.74, 6) is 0. The van der Waals surface area contributed by atoms with Gasteiger partial charge in [0.05, 0.1) is 12.5 Å². The molecule has 1 saturated heterocycles. The van der Waals surface area contributed by atoms with Gasteiger partial charge in [-0.1, -0.05) is 0 Å². The molecule has 2 aromatic rings. The van der Waals surface area contributed by atoms with E-state index in [0.29, 0.717) is 11.2 Å². The number of aliphatic hydroxyl groups is 3. The van der Waals surface area contributed by atoms with Crippen LogP contribution in [0.2, 0.25) is 0 Å². The molecule has 0 saturated carbocycles. The lowest BCUT2D eigenvalue weighted by atomic mass is 10.1. The molecule has 0 spiro atoms. The van der Waals surface area contributed by atoms with Crippen molar-refractivity contribution in [2.45, 2.75) is 30.8 Å². The number of nitrogens with zero attached hydrogens (tertiary/aromatic N) is 4. The second-order valence-electron chi connectivity index (χ2n) is 4.84. The van der Waals surface area contributed by atoms with Crippen LogP contribution in [0.4, 0.5) is 0 Å². The Kier molecular flexibility index (Phi) is 4.16. The Morgan fingerprint density at radius 3 is 2.74 bits per heavy atom. The van der Waals surface area contributed by atoms with E-state index in [1.54, 1.807) is 0 Å². The summed E-state index contributed by atoms with van der Waals surface area (Å²) >= 11 is 0. The molecule has 0 aromatic carbocycles. The summed E-state index contributed by atoms with van der Waals surface area (Å²) in [6, 6.07) is 0. The monoisotopic (exact) mass is 348 g/mol. The van der Waals surface area contributed by atoms with Crippen molar-refractivity contribution in [3.63, 3.8) is 0 Å². The maximum atomic E-state index is 10.8. The maximum absolute atomic E-state index is 10.8. The van der Waals surface area contributed by atoms with Crippen molar-refractivity contribution in [1.82, 2.24) is 19.5 Å². The molecule has 13 heteroatoms. The van der Waals surface area contributed by atoms with Crippen molar-refractivity contribution in [3.05, 3.63) is 18.9 Å². The van der Waals surface area contributed by atoms with E-state index in [0.717, 1.165) is 0 Å². The number of fused-ring (bicyclic) bond motifs is 1. The summed E-state index contributed by atoms with van der Waals surface area (Å²) in [7, 11) is -5.00. The van der Waals surface area contributed by atoms with E-state index in [2.05, 4.69) is 19.5 Å². The smallest absolute Gasteiger partial charge is 0.387 e. The third kappa shape index (κ3) is 3.11. The first-order chi connectivity index (χ1) is 10.8. The highest BCUT2D eigenvalue weighted by atomic mass is 31.2. The van der Waals surface area contributed by atoms with Crippen LogP contribution in [0.1, 0.15) is 6.23 Å². The minimum absolute atomic E-state index is 0.320. The van der Waals surface area contributed by atoms with Gasteiger partial charge < -0.3 is 29.8 Å². The number of phosphoric acid groups is 1. The molecule has 12 nitrogen and oxygen atoms in total. The van der Waals surface area contributed by atoms with Crippen LogP contribution in [0, 0.1) is 0 Å². The van der Waals surface area contributed by atoms with E-state index in [1.807, 2.05) is 0 Å². The van der Waals surface area contributed by atoms with Crippen LogP contribution in [0.5, 0.6) is 0 Å². The van der Waals surface area contributed by atoms with E-state index in [4.69, 9.17) is 14.5 Å². The van der Waals surface area contributed by atoms with Crippen LogP contribution in [0.3, 0.4) is 0 Å². The Morgan fingerprint density at radius 2 is 2.04 bits per heavy atom. The van der Waals surface area contributed by atoms with Crippen molar-refractivity contribution < 1.29 is 38.9 Å². The van der Waals surface area contributed by atoms with Gasteiger partial charge in [0.15, 0.2) is 18.2 Å². The summed E-state index contributed by atoms with van der Waals surface area (Å²) in [6.45, 7) is 0. The lowest BCUT2D eigenvalue weighted by molar-refractivity contribution is -0.160. The quantitative estimate of drug-likeness (QED) is 0.301. The summed E-state index contributed by atoms with van der Waals surface area (Å²) in [6.07, 6.45) is -4.08.